The summed E-state index contributed by atoms with van der Waals surface area (Å²) in [6.45, 7) is 9.45. The second-order valence-corrected chi connectivity index (χ2v) is 4.75. The molecule has 0 unspecified atom stereocenters. The van der Waals surface area contributed by atoms with Crippen LogP contribution in [0.3, 0.4) is 0 Å². The molecule has 1 aromatic heterocycles. The van der Waals surface area contributed by atoms with E-state index < -0.39 is 5.60 Å². The second-order valence-electron chi connectivity index (χ2n) is 4.75. The van der Waals surface area contributed by atoms with Crippen LogP contribution in [0.2, 0.25) is 0 Å². The van der Waals surface area contributed by atoms with Gasteiger partial charge in [0.25, 0.3) is 0 Å². The number of ether oxygens (including phenoxy) is 2. The number of hydrazine groups is 1. The quantitative estimate of drug-likeness (QED) is 0.602. The summed E-state index contributed by atoms with van der Waals surface area (Å²) in [5.74, 6) is 5.47. The molecule has 1 rings (SSSR count). The number of nitrogens with zero attached hydrogens (tertiary/aromatic N) is 3. The minimum atomic E-state index is -0.400. The first kappa shape index (κ1) is 13.4. The Balaban J connectivity index is 2.97. The van der Waals surface area contributed by atoms with Crippen LogP contribution in [0, 0.1) is 0 Å². The van der Waals surface area contributed by atoms with Gasteiger partial charge in [0, 0.05) is 0 Å². The van der Waals surface area contributed by atoms with E-state index in [1.807, 2.05) is 34.6 Å². The Labute approximate surface area is 101 Å². The minimum Gasteiger partial charge on any atom is -0.461 e. The highest BCUT2D eigenvalue weighted by atomic mass is 16.5. The zero-order chi connectivity index (χ0) is 13.1. The van der Waals surface area contributed by atoms with Crippen LogP contribution < -0.4 is 20.7 Å². The fourth-order valence-electron chi connectivity index (χ4n) is 0.986. The Bertz CT molecular complexity index is 375. The van der Waals surface area contributed by atoms with Crippen molar-refractivity contribution in [2.45, 2.75) is 46.3 Å². The van der Waals surface area contributed by atoms with Crippen molar-refractivity contribution in [2.24, 2.45) is 5.84 Å². The Hall–Kier alpha value is -1.63. The van der Waals surface area contributed by atoms with Crippen LogP contribution >= 0.6 is 0 Å². The van der Waals surface area contributed by atoms with E-state index in [4.69, 9.17) is 15.3 Å². The first-order valence-corrected chi connectivity index (χ1v) is 5.38. The molecule has 7 heteroatoms. The van der Waals surface area contributed by atoms with Crippen molar-refractivity contribution in [1.82, 2.24) is 15.0 Å². The van der Waals surface area contributed by atoms with Gasteiger partial charge in [0.2, 0.25) is 5.95 Å². The molecule has 1 heterocycles. The van der Waals surface area contributed by atoms with Crippen molar-refractivity contribution in [2.75, 3.05) is 5.43 Å². The van der Waals surface area contributed by atoms with E-state index in [9.17, 15) is 0 Å². The molecule has 0 fully saturated rings. The number of nitrogens with two attached hydrogens (primary N) is 1. The third kappa shape index (κ3) is 4.81. The average Bonchev–Trinajstić information content (AvgIpc) is 2.13. The largest absolute Gasteiger partial charge is 0.461 e. The SMILES string of the molecule is CC(C)Oc1nc(NN)nc(OC(C)(C)C)n1. The van der Waals surface area contributed by atoms with Crippen LogP contribution in [0.25, 0.3) is 0 Å². The number of anilines is 1. The van der Waals surface area contributed by atoms with Gasteiger partial charge >= 0.3 is 12.0 Å². The monoisotopic (exact) mass is 241 g/mol. The topological polar surface area (TPSA) is 95.2 Å². The van der Waals surface area contributed by atoms with Gasteiger partial charge < -0.3 is 9.47 Å². The molecular formula is C10H19N5O2. The van der Waals surface area contributed by atoms with Crippen LogP contribution in [0.15, 0.2) is 0 Å². The lowest BCUT2D eigenvalue weighted by Crippen LogP contribution is -2.25. The number of nitrogens with one attached hydrogen (secondary N) is 1. The van der Waals surface area contributed by atoms with Crippen molar-refractivity contribution >= 4 is 5.95 Å². The molecule has 17 heavy (non-hydrogen) atoms. The average molecular weight is 241 g/mol. The summed E-state index contributed by atoms with van der Waals surface area (Å²) in [7, 11) is 0. The first-order chi connectivity index (χ1) is 7.80. The predicted octanol–water partition coefficient (Wildman–Crippen LogP) is 1.12. The maximum absolute atomic E-state index is 5.53. The van der Waals surface area contributed by atoms with Gasteiger partial charge in [-0.2, -0.15) is 9.97 Å². The lowest BCUT2D eigenvalue weighted by atomic mass is 10.2. The fourth-order valence-corrected chi connectivity index (χ4v) is 0.986. The third-order valence-electron chi connectivity index (χ3n) is 1.46. The first-order valence-electron chi connectivity index (χ1n) is 5.38. The second kappa shape index (κ2) is 5.13. The Morgan fingerprint density at radius 1 is 1.12 bits per heavy atom. The van der Waals surface area contributed by atoms with Crippen molar-refractivity contribution in [3.05, 3.63) is 0 Å². The maximum Gasteiger partial charge on any atom is 0.324 e. The Morgan fingerprint density at radius 2 is 1.71 bits per heavy atom. The van der Waals surface area contributed by atoms with Gasteiger partial charge in [-0.1, -0.05) is 0 Å². The molecule has 0 saturated carbocycles. The van der Waals surface area contributed by atoms with Gasteiger partial charge in [-0.05, 0) is 34.6 Å². The molecule has 0 radical (unpaired) electrons. The van der Waals surface area contributed by atoms with Crippen molar-refractivity contribution < 1.29 is 9.47 Å². The summed E-state index contributed by atoms with van der Waals surface area (Å²) >= 11 is 0. The van der Waals surface area contributed by atoms with E-state index in [1.165, 1.54) is 0 Å². The number of hydrogen-bond donors (Lipinski definition) is 2. The summed E-state index contributed by atoms with van der Waals surface area (Å²) in [5.41, 5.74) is 1.94. The van der Waals surface area contributed by atoms with Gasteiger partial charge in [-0.3, -0.25) is 5.43 Å². The molecule has 0 aliphatic heterocycles. The van der Waals surface area contributed by atoms with Crippen LogP contribution in [-0.2, 0) is 0 Å². The van der Waals surface area contributed by atoms with Gasteiger partial charge in [-0.15, -0.1) is 4.98 Å². The molecule has 0 saturated heterocycles. The third-order valence-corrected chi connectivity index (χ3v) is 1.46. The van der Waals surface area contributed by atoms with E-state index in [0.29, 0.717) is 0 Å². The predicted molar refractivity (Wildman–Crippen MR) is 63.8 cm³/mol. The van der Waals surface area contributed by atoms with Gasteiger partial charge in [0.15, 0.2) is 0 Å². The van der Waals surface area contributed by atoms with E-state index in [-0.39, 0.29) is 24.1 Å². The summed E-state index contributed by atoms with van der Waals surface area (Å²) < 4.78 is 10.9. The standard InChI is InChI=1S/C10H19N5O2/c1-6(2)16-8-12-7(15-11)13-9(14-8)17-10(3,4)5/h6H,11H2,1-5H3,(H,12,13,14,15). The summed E-state index contributed by atoms with van der Waals surface area (Å²) in [4.78, 5) is 12.0. The molecule has 0 aliphatic rings. The van der Waals surface area contributed by atoms with Crippen LogP contribution in [0.5, 0.6) is 12.0 Å². The molecule has 7 nitrogen and oxygen atoms in total. The number of aromatic nitrogens is 3. The molecule has 1 aromatic rings. The van der Waals surface area contributed by atoms with Gasteiger partial charge in [0.05, 0.1) is 6.10 Å². The Morgan fingerprint density at radius 3 is 2.18 bits per heavy atom. The maximum atomic E-state index is 5.53. The molecule has 3 N–H and O–H groups in total. The normalized spacial score (nSPS) is 11.5. The summed E-state index contributed by atoms with van der Waals surface area (Å²) in [6.07, 6.45) is -0.0366. The van der Waals surface area contributed by atoms with E-state index in [2.05, 4.69) is 20.4 Å². The van der Waals surface area contributed by atoms with E-state index >= 15 is 0 Å². The molecule has 0 atom stereocenters. The smallest absolute Gasteiger partial charge is 0.324 e. The van der Waals surface area contributed by atoms with Crippen LogP contribution in [0.4, 0.5) is 5.95 Å². The molecule has 0 amide bonds. The van der Waals surface area contributed by atoms with Crippen molar-refractivity contribution in [3.63, 3.8) is 0 Å². The highest BCUT2D eigenvalue weighted by Crippen LogP contribution is 2.17. The van der Waals surface area contributed by atoms with E-state index in [0.717, 1.165) is 0 Å². The highest BCUT2D eigenvalue weighted by Gasteiger charge is 2.16. The minimum absolute atomic E-state index is 0.0366. The molecule has 0 spiro atoms. The number of rotatable bonds is 4. The number of hydrogen-bond acceptors (Lipinski definition) is 7. The number of nitrogen functional groups attached to an aromatic ring is 1. The molecule has 96 valence electrons. The zero-order valence-electron chi connectivity index (χ0n) is 10.8. The van der Waals surface area contributed by atoms with Gasteiger partial charge in [-0.25, -0.2) is 5.84 Å². The summed E-state index contributed by atoms with van der Waals surface area (Å²) in [5, 5.41) is 0. The zero-order valence-corrected chi connectivity index (χ0v) is 10.8. The van der Waals surface area contributed by atoms with Crippen LogP contribution in [0.1, 0.15) is 34.6 Å². The van der Waals surface area contributed by atoms with Gasteiger partial charge in [0.1, 0.15) is 5.60 Å². The highest BCUT2D eigenvalue weighted by molar-refractivity contribution is 5.25. The Kier molecular flexibility index (Phi) is 4.06. The van der Waals surface area contributed by atoms with Crippen molar-refractivity contribution in [1.29, 1.82) is 0 Å². The molecule has 0 bridgehead atoms. The van der Waals surface area contributed by atoms with E-state index in [1.54, 1.807) is 0 Å². The lowest BCUT2D eigenvalue weighted by Gasteiger charge is -2.19. The fraction of sp³-hybridized carbons (Fsp3) is 0.700. The molecular weight excluding hydrogens is 222 g/mol. The molecule has 0 aromatic carbocycles. The molecule has 0 aliphatic carbocycles. The van der Waals surface area contributed by atoms with Crippen LogP contribution in [-0.4, -0.2) is 26.7 Å². The lowest BCUT2D eigenvalue weighted by molar-refractivity contribution is 0.113. The summed E-state index contributed by atoms with van der Waals surface area (Å²) in [6, 6.07) is 0.360. The van der Waals surface area contributed by atoms with Crippen molar-refractivity contribution in [3.8, 4) is 12.0 Å².